The third-order valence-corrected chi connectivity index (χ3v) is 4.14. The van der Waals surface area contributed by atoms with Crippen molar-refractivity contribution in [1.82, 2.24) is 20.3 Å². The van der Waals surface area contributed by atoms with Crippen LogP contribution < -0.4 is 5.32 Å². The Kier molecular flexibility index (Phi) is 3.91. The topological polar surface area (TPSA) is 42.7 Å². The zero-order valence-corrected chi connectivity index (χ0v) is 11.3. The Hall–Kier alpha value is -1.20. The molecule has 2 aromatic heterocycles. The summed E-state index contributed by atoms with van der Waals surface area (Å²) >= 11 is 1.85. The van der Waals surface area contributed by atoms with Gasteiger partial charge in [0, 0.05) is 16.3 Å². The molecule has 4 nitrogen and oxygen atoms in total. The Bertz CT molecular complexity index is 474. The van der Waals surface area contributed by atoms with Crippen LogP contribution >= 0.6 is 11.3 Å². The van der Waals surface area contributed by atoms with Crippen molar-refractivity contribution in [3.8, 4) is 0 Å². The van der Waals surface area contributed by atoms with Crippen LogP contribution in [0.4, 0.5) is 0 Å². The average Bonchev–Trinajstić information content (AvgIpc) is 2.99. The van der Waals surface area contributed by atoms with E-state index in [0.29, 0.717) is 0 Å². The predicted molar refractivity (Wildman–Crippen MR) is 70.3 cm³/mol. The van der Waals surface area contributed by atoms with Gasteiger partial charge in [-0.1, -0.05) is 12.1 Å². The van der Waals surface area contributed by atoms with E-state index in [2.05, 4.69) is 41.6 Å². The number of thiophene rings is 1. The molecule has 2 aromatic rings. The van der Waals surface area contributed by atoms with Gasteiger partial charge in [0.05, 0.1) is 17.9 Å². The van der Waals surface area contributed by atoms with Gasteiger partial charge in [0.2, 0.25) is 0 Å². The molecule has 2 heterocycles. The van der Waals surface area contributed by atoms with Gasteiger partial charge in [-0.05, 0) is 32.5 Å². The first-order valence-corrected chi connectivity index (χ1v) is 6.76. The smallest absolute Gasteiger partial charge is 0.0856 e. The van der Waals surface area contributed by atoms with Crippen LogP contribution in [-0.2, 0) is 13.0 Å². The lowest BCUT2D eigenvalue weighted by molar-refractivity contribution is 0.555. The fraction of sp³-hybridized carbons (Fsp3) is 0.500. The van der Waals surface area contributed by atoms with Crippen molar-refractivity contribution in [2.75, 3.05) is 7.05 Å². The van der Waals surface area contributed by atoms with Crippen molar-refractivity contribution < 1.29 is 0 Å². The number of hydrogen-bond acceptors (Lipinski definition) is 4. The first-order valence-electron chi connectivity index (χ1n) is 5.94. The zero-order valence-electron chi connectivity index (χ0n) is 10.5. The van der Waals surface area contributed by atoms with E-state index in [1.807, 2.05) is 29.3 Å². The summed E-state index contributed by atoms with van der Waals surface area (Å²) in [6, 6.07) is 4.58. The van der Waals surface area contributed by atoms with E-state index < -0.39 is 0 Å². The van der Waals surface area contributed by atoms with Crippen LogP contribution in [0, 0.1) is 0 Å². The van der Waals surface area contributed by atoms with Gasteiger partial charge < -0.3 is 5.32 Å². The second kappa shape index (κ2) is 5.42. The van der Waals surface area contributed by atoms with Crippen LogP contribution in [0.1, 0.15) is 35.3 Å². The molecule has 0 amide bonds. The predicted octanol–water partition coefficient (Wildman–Crippen LogP) is 2.23. The maximum absolute atomic E-state index is 4.09. The molecule has 0 saturated carbocycles. The first kappa shape index (κ1) is 12.3. The standard InChI is InChI=1S/C12H18N4S/c1-4-9-6-7-11(17-9)12(13-3)10-8-14-15-16(10)5-2/h6-8,12-13H,4-5H2,1-3H3. The monoisotopic (exact) mass is 250 g/mol. The molecule has 5 heteroatoms. The molecule has 1 atom stereocenters. The summed E-state index contributed by atoms with van der Waals surface area (Å²) in [5.41, 5.74) is 1.12. The Morgan fingerprint density at radius 3 is 2.82 bits per heavy atom. The van der Waals surface area contributed by atoms with E-state index in [1.165, 1.54) is 9.75 Å². The van der Waals surface area contributed by atoms with Crippen LogP contribution in [0.2, 0.25) is 0 Å². The minimum atomic E-state index is 0.190. The number of nitrogens with zero attached hydrogens (tertiary/aromatic N) is 3. The van der Waals surface area contributed by atoms with E-state index >= 15 is 0 Å². The molecule has 0 aliphatic rings. The summed E-state index contributed by atoms with van der Waals surface area (Å²) in [7, 11) is 1.98. The van der Waals surface area contributed by atoms with Crippen molar-refractivity contribution in [2.45, 2.75) is 32.9 Å². The summed E-state index contributed by atoms with van der Waals surface area (Å²) in [5.74, 6) is 0. The minimum Gasteiger partial charge on any atom is -0.307 e. The molecule has 17 heavy (non-hydrogen) atoms. The molecule has 0 radical (unpaired) electrons. The van der Waals surface area contributed by atoms with E-state index in [0.717, 1.165) is 18.7 Å². The van der Waals surface area contributed by atoms with Crippen LogP contribution in [-0.4, -0.2) is 22.0 Å². The van der Waals surface area contributed by atoms with Crippen LogP contribution in [0.15, 0.2) is 18.3 Å². The number of aryl methyl sites for hydroxylation is 2. The van der Waals surface area contributed by atoms with Crippen molar-refractivity contribution >= 4 is 11.3 Å². The molecule has 0 aromatic carbocycles. The minimum absolute atomic E-state index is 0.190. The van der Waals surface area contributed by atoms with E-state index in [9.17, 15) is 0 Å². The zero-order chi connectivity index (χ0) is 12.3. The number of nitrogens with one attached hydrogen (secondary N) is 1. The maximum Gasteiger partial charge on any atom is 0.0856 e. The highest BCUT2D eigenvalue weighted by molar-refractivity contribution is 7.12. The van der Waals surface area contributed by atoms with Crippen molar-refractivity contribution in [2.24, 2.45) is 0 Å². The highest BCUT2D eigenvalue weighted by Crippen LogP contribution is 2.28. The lowest BCUT2D eigenvalue weighted by Crippen LogP contribution is -2.20. The van der Waals surface area contributed by atoms with Crippen molar-refractivity contribution in [3.05, 3.63) is 33.8 Å². The number of hydrogen-bond donors (Lipinski definition) is 1. The molecule has 0 spiro atoms. The molecule has 1 unspecified atom stereocenters. The van der Waals surface area contributed by atoms with Gasteiger partial charge in [-0.2, -0.15) is 0 Å². The third kappa shape index (κ3) is 2.40. The van der Waals surface area contributed by atoms with E-state index in [-0.39, 0.29) is 6.04 Å². The Labute approximate surface area is 106 Å². The fourth-order valence-electron chi connectivity index (χ4n) is 1.91. The summed E-state index contributed by atoms with van der Waals surface area (Å²) < 4.78 is 1.94. The SMILES string of the molecule is CCc1ccc(C(NC)c2cnnn2CC)s1. The second-order valence-corrected chi connectivity index (χ2v) is 5.05. The first-order chi connectivity index (χ1) is 8.30. The summed E-state index contributed by atoms with van der Waals surface area (Å²) in [6.45, 7) is 5.11. The molecule has 0 aliphatic carbocycles. The Morgan fingerprint density at radius 2 is 2.24 bits per heavy atom. The van der Waals surface area contributed by atoms with Crippen molar-refractivity contribution in [1.29, 1.82) is 0 Å². The molecule has 2 rings (SSSR count). The molecule has 92 valence electrons. The fourth-order valence-corrected chi connectivity index (χ4v) is 2.99. The molecular weight excluding hydrogens is 232 g/mol. The quantitative estimate of drug-likeness (QED) is 0.885. The Balaban J connectivity index is 2.33. The van der Waals surface area contributed by atoms with Gasteiger partial charge in [0.1, 0.15) is 0 Å². The molecule has 1 N–H and O–H groups in total. The lowest BCUT2D eigenvalue weighted by Gasteiger charge is -2.14. The van der Waals surface area contributed by atoms with Crippen LogP contribution in [0.3, 0.4) is 0 Å². The Morgan fingerprint density at radius 1 is 1.41 bits per heavy atom. The van der Waals surface area contributed by atoms with Crippen LogP contribution in [0.25, 0.3) is 0 Å². The molecule has 0 aliphatic heterocycles. The third-order valence-electron chi connectivity index (χ3n) is 2.85. The lowest BCUT2D eigenvalue weighted by atomic mass is 10.2. The molecule has 0 bridgehead atoms. The molecule has 0 fully saturated rings. The van der Waals surface area contributed by atoms with E-state index in [1.54, 1.807) is 0 Å². The normalized spacial score (nSPS) is 12.9. The van der Waals surface area contributed by atoms with Gasteiger partial charge in [0.15, 0.2) is 0 Å². The number of aromatic nitrogens is 3. The highest BCUT2D eigenvalue weighted by atomic mass is 32.1. The van der Waals surface area contributed by atoms with Crippen LogP contribution in [0.5, 0.6) is 0 Å². The number of rotatable bonds is 5. The second-order valence-electron chi connectivity index (χ2n) is 3.85. The largest absolute Gasteiger partial charge is 0.307 e. The summed E-state index contributed by atoms with van der Waals surface area (Å²) in [5, 5.41) is 11.4. The van der Waals surface area contributed by atoms with Crippen molar-refractivity contribution in [3.63, 3.8) is 0 Å². The van der Waals surface area contributed by atoms with E-state index in [4.69, 9.17) is 0 Å². The highest BCUT2D eigenvalue weighted by Gasteiger charge is 2.18. The summed E-state index contributed by atoms with van der Waals surface area (Å²) in [6.07, 6.45) is 2.93. The van der Waals surface area contributed by atoms with Gasteiger partial charge in [0.25, 0.3) is 0 Å². The van der Waals surface area contributed by atoms with Gasteiger partial charge in [-0.15, -0.1) is 16.4 Å². The van der Waals surface area contributed by atoms with Gasteiger partial charge in [-0.25, -0.2) is 4.68 Å². The summed E-state index contributed by atoms with van der Waals surface area (Å²) in [4.78, 5) is 2.73. The van der Waals surface area contributed by atoms with Gasteiger partial charge in [-0.3, -0.25) is 0 Å². The maximum atomic E-state index is 4.09. The van der Waals surface area contributed by atoms with Gasteiger partial charge >= 0.3 is 0 Å². The average molecular weight is 250 g/mol. The molecule has 0 saturated heterocycles. The molecular formula is C12H18N4S.